The number of amides is 1. The van der Waals surface area contributed by atoms with Crippen molar-refractivity contribution in [3.8, 4) is 5.75 Å². The fraction of sp³-hybridized carbons (Fsp3) is 0.235. The van der Waals surface area contributed by atoms with Gasteiger partial charge in [-0.25, -0.2) is 12.7 Å². The van der Waals surface area contributed by atoms with Crippen molar-refractivity contribution >= 4 is 33.2 Å². The quantitative estimate of drug-likeness (QED) is 0.772. The van der Waals surface area contributed by atoms with E-state index in [4.69, 9.17) is 16.3 Å². The Labute approximate surface area is 164 Å². The van der Waals surface area contributed by atoms with Gasteiger partial charge in [-0.05, 0) is 36.4 Å². The maximum Gasteiger partial charge on any atom is 0.417 e. The molecule has 0 aliphatic carbocycles. The lowest BCUT2D eigenvalue weighted by Gasteiger charge is -2.16. The number of anilines is 1. The Morgan fingerprint density at radius 3 is 2.32 bits per heavy atom. The highest BCUT2D eigenvalue weighted by atomic mass is 35.5. The number of halogens is 4. The second kappa shape index (κ2) is 7.98. The predicted octanol–water partition coefficient (Wildman–Crippen LogP) is 3.87. The first-order valence-electron chi connectivity index (χ1n) is 7.66. The predicted molar refractivity (Wildman–Crippen MR) is 98.3 cm³/mol. The standard InChI is InChI=1S/C17H16ClF3N2O4S/c1-23(2)28(25,26)15-8-10(4-7-14(15)27-3)16(24)22-11-5-6-13(18)12(9-11)17(19,20)21/h4-9H,1-3H3,(H,22,24). The van der Waals surface area contributed by atoms with Crippen molar-refractivity contribution in [1.82, 2.24) is 4.31 Å². The van der Waals surface area contributed by atoms with E-state index in [1.807, 2.05) is 0 Å². The molecule has 0 spiro atoms. The molecule has 0 atom stereocenters. The monoisotopic (exact) mass is 436 g/mol. The second-order valence-corrected chi connectivity index (χ2v) is 8.33. The first-order chi connectivity index (χ1) is 12.9. The van der Waals surface area contributed by atoms with E-state index in [-0.39, 0.29) is 21.9 Å². The number of sulfonamides is 1. The third-order valence-corrected chi connectivity index (χ3v) is 5.88. The third-order valence-electron chi connectivity index (χ3n) is 3.71. The van der Waals surface area contributed by atoms with Crippen molar-refractivity contribution in [1.29, 1.82) is 0 Å². The number of rotatable bonds is 5. The lowest BCUT2D eigenvalue weighted by Crippen LogP contribution is -2.23. The Bertz CT molecular complexity index is 1010. The van der Waals surface area contributed by atoms with Gasteiger partial charge in [0.1, 0.15) is 10.6 Å². The van der Waals surface area contributed by atoms with E-state index < -0.39 is 32.7 Å². The first kappa shape index (κ1) is 22.0. The van der Waals surface area contributed by atoms with Gasteiger partial charge in [0, 0.05) is 25.3 Å². The summed E-state index contributed by atoms with van der Waals surface area (Å²) in [6.07, 6.45) is -4.69. The zero-order valence-electron chi connectivity index (χ0n) is 15.0. The summed E-state index contributed by atoms with van der Waals surface area (Å²) in [5, 5.41) is 1.79. The van der Waals surface area contributed by atoms with Crippen molar-refractivity contribution in [3.63, 3.8) is 0 Å². The number of carbonyl (C=O) groups is 1. The number of alkyl halides is 3. The molecule has 0 aromatic heterocycles. The van der Waals surface area contributed by atoms with Crippen molar-refractivity contribution in [3.05, 3.63) is 52.5 Å². The normalized spacial score (nSPS) is 12.1. The van der Waals surface area contributed by atoms with E-state index in [0.717, 1.165) is 16.4 Å². The molecule has 28 heavy (non-hydrogen) atoms. The Morgan fingerprint density at radius 2 is 1.79 bits per heavy atom. The van der Waals surface area contributed by atoms with Crippen LogP contribution < -0.4 is 10.1 Å². The Hall–Kier alpha value is -2.30. The summed E-state index contributed by atoms with van der Waals surface area (Å²) in [6, 6.07) is 6.58. The summed E-state index contributed by atoms with van der Waals surface area (Å²) in [4.78, 5) is 12.2. The minimum Gasteiger partial charge on any atom is -0.495 e. The Balaban J connectivity index is 2.41. The molecule has 0 radical (unpaired) electrons. The van der Waals surface area contributed by atoms with E-state index in [2.05, 4.69) is 5.32 Å². The molecular formula is C17H16ClF3N2O4S. The molecule has 2 aromatic carbocycles. The molecule has 0 aliphatic rings. The zero-order valence-corrected chi connectivity index (χ0v) is 16.5. The van der Waals surface area contributed by atoms with E-state index in [9.17, 15) is 26.4 Å². The number of ether oxygens (including phenoxy) is 1. The molecule has 0 fully saturated rings. The van der Waals surface area contributed by atoms with E-state index >= 15 is 0 Å². The lowest BCUT2D eigenvalue weighted by molar-refractivity contribution is -0.137. The highest BCUT2D eigenvalue weighted by Crippen LogP contribution is 2.36. The average molecular weight is 437 g/mol. The summed E-state index contributed by atoms with van der Waals surface area (Å²) < 4.78 is 69.6. The van der Waals surface area contributed by atoms with Crippen LogP contribution >= 0.6 is 11.6 Å². The number of nitrogens with zero attached hydrogens (tertiary/aromatic N) is 1. The molecule has 152 valence electrons. The molecule has 11 heteroatoms. The van der Waals surface area contributed by atoms with E-state index in [0.29, 0.717) is 6.07 Å². The fourth-order valence-corrected chi connectivity index (χ4v) is 3.54. The summed E-state index contributed by atoms with van der Waals surface area (Å²) in [5.41, 5.74) is -1.32. The van der Waals surface area contributed by atoms with Gasteiger partial charge >= 0.3 is 6.18 Å². The van der Waals surface area contributed by atoms with Crippen LogP contribution in [-0.2, 0) is 16.2 Å². The number of benzene rings is 2. The smallest absolute Gasteiger partial charge is 0.417 e. The van der Waals surface area contributed by atoms with Gasteiger partial charge in [0.2, 0.25) is 10.0 Å². The number of nitrogens with one attached hydrogen (secondary N) is 1. The summed E-state index contributed by atoms with van der Waals surface area (Å²) >= 11 is 5.55. The fourth-order valence-electron chi connectivity index (χ4n) is 2.24. The van der Waals surface area contributed by atoms with Crippen LogP contribution in [0.3, 0.4) is 0 Å². The van der Waals surface area contributed by atoms with Gasteiger partial charge in [0.05, 0.1) is 17.7 Å². The highest BCUT2D eigenvalue weighted by molar-refractivity contribution is 7.89. The topological polar surface area (TPSA) is 75.7 Å². The molecule has 1 N–H and O–H groups in total. The number of hydrogen-bond acceptors (Lipinski definition) is 4. The molecule has 6 nitrogen and oxygen atoms in total. The number of hydrogen-bond donors (Lipinski definition) is 1. The maximum atomic E-state index is 12.9. The average Bonchev–Trinajstić information content (AvgIpc) is 2.61. The third kappa shape index (κ3) is 4.57. The molecule has 0 aliphatic heterocycles. The summed E-state index contributed by atoms with van der Waals surface area (Å²) in [5.74, 6) is -0.774. The van der Waals surface area contributed by atoms with Crippen molar-refractivity contribution in [2.45, 2.75) is 11.1 Å². The van der Waals surface area contributed by atoms with Crippen molar-refractivity contribution < 1.29 is 31.1 Å². The van der Waals surface area contributed by atoms with Gasteiger partial charge in [-0.2, -0.15) is 13.2 Å². The molecule has 2 rings (SSSR count). The SMILES string of the molecule is COc1ccc(C(=O)Nc2ccc(Cl)c(C(F)(F)F)c2)cc1S(=O)(=O)N(C)C. The van der Waals surface area contributed by atoms with Crippen molar-refractivity contribution in [2.75, 3.05) is 26.5 Å². The van der Waals surface area contributed by atoms with Crippen LogP contribution in [-0.4, -0.2) is 39.8 Å². The molecule has 0 saturated carbocycles. The minimum atomic E-state index is -4.69. The molecule has 0 saturated heterocycles. The number of methoxy groups -OCH3 is 1. The molecule has 0 heterocycles. The molecule has 0 unspecified atom stereocenters. The molecule has 1 amide bonds. The Kier molecular flexibility index (Phi) is 6.27. The van der Waals surface area contributed by atoms with Crippen LogP contribution in [0.1, 0.15) is 15.9 Å². The molecule has 0 bridgehead atoms. The van der Waals surface area contributed by atoms with Crippen LogP contribution in [0.15, 0.2) is 41.3 Å². The minimum absolute atomic E-state index is 0.0242. The Morgan fingerprint density at radius 1 is 1.14 bits per heavy atom. The lowest BCUT2D eigenvalue weighted by atomic mass is 10.1. The first-order valence-corrected chi connectivity index (χ1v) is 9.48. The van der Waals surface area contributed by atoms with Gasteiger partial charge in [0.25, 0.3) is 5.91 Å². The molecule has 2 aromatic rings. The van der Waals surface area contributed by atoms with Crippen LogP contribution in [0.25, 0.3) is 0 Å². The van der Waals surface area contributed by atoms with Gasteiger partial charge < -0.3 is 10.1 Å². The highest BCUT2D eigenvalue weighted by Gasteiger charge is 2.33. The zero-order chi connectivity index (χ0) is 21.3. The van der Waals surface area contributed by atoms with Crippen LogP contribution in [0.2, 0.25) is 5.02 Å². The van der Waals surface area contributed by atoms with E-state index in [1.165, 1.54) is 39.4 Å². The van der Waals surface area contributed by atoms with Gasteiger partial charge in [0.15, 0.2) is 0 Å². The van der Waals surface area contributed by atoms with Crippen LogP contribution in [0, 0.1) is 0 Å². The van der Waals surface area contributed by atoms with Gasteiger partial charge in [-0.15, -0.1) is 0 Å². The number of carbonyl (C=O) groups excluding carboxylic acids is 1. The molecular weight excluding hydrogens is 421 g/mol. The van der Waals surface area contributed by atoms with Crippen LogP contribution in [0.5, 0.6) is 5.75 Å². The summed E-state index contributed by atoms with van der Waals surface area (Å²) in [7, 11) is -0.0174. The van der Waals surface area contributed by atoms with E-state index in [1.54, 1.807) is 0 Å². The van der Waals surface area contributed by atoms with Gasteiger partial charge in [-0.1, -0.05) is 11.6 Å². The second-order valence-electron chi connectivity index (χ2n) is 5.80. The maximum absolute atomic E-state index is 12.9. The van der Waals surface area contributed by atoms with Crippen molar-refractivity contribution in [2.24, 2.45) is 0 Å². The van der Waals surface area contributed by atoms with Crippen LogP contribution in [0.4, 0.5) is 18.9 Å². The summed E-state index contributed by atoms with van der Waals surface area (Å²) in [6.45, 7) is 0. The largest absolute Gasteiger partial charge is 0.495 e. The van der Waals surface area contributed by atoms with Gasteiger partial charge in [-0.3, -0.25) is 4.79 Å².